The van der Waals surface area contributed by atoms with Crippen LogP contribution in [0.1, 0.15) is 117 Å². The van der Waals surface area contributed by atoms with Gasteiger partial charge in [-0.3, -0.25) is 0 Å². The van der Waals surface area contributed by atoms with Gasteiger partial charge in [-0.15, -0.1) is 22.7 Å². The largest absolute Gasteiger partial charge is 0.127 e. The summed E-state index contributed by atoms with van der Waals surface area (Å²) in [4.78, 5) is 3.07. The highest BCUT2D eigenvalue weighted by Gasteiger charge is 2.45. The molecular weight excluding hydrogens is 572 g/mol. The molecule has 2 aromatic heterocycles. The first kappa shape index (κ1) is 27.9. The van der Waals surface area contributed by atoms with Crippen LogP contribution in [-0.2, 0) is 5.41 Å². The first-order chi connectivity index (χ1) is 15.6. The van der Waals surface area contributed by atoms with E-state index in [2.05, 4.69) is 85.5 Å². The predicted octanol–water partition coefficient (Wildman–Crippen LogP) is 12.1. The zero-order valence-corrected chi connectivity index (χ0v) is 26.4. The molecule has 0 saturated carbocycles. The van der Waals surface area contributed by atoms with Gasteiger partial charge >= 0.3 is 0 Å². The van der Waals surface area contributed by atoms with E-state index in [4.69, 9.17) is 0 Å². The highest BCUT2D eigenvalue weighted by atomic mass is 79.9. The van der Waals surface area contributed by atoms with Gasteiger partial charge in [0.25, 0.3) is 0 Å². The zero-order valence-electron chi connectivity index (χ0n) is 21.6. The Bertz CT molecular complexity index is 804. The second kappa shape index (κ2) is 12.5. The van der Waals surface area contributed by atoms with Gasteiger partial charge < -0.3 is 0 Å². The Labute approximate surface area is 228 Å². The molecule has 1 aliphatic rings. The lowest BCUT2D eigenvalue weighted by Crippen LogP contribution is -2.26. The smallest absolute Gasteiger partial charge is 0.0708 e. The number of thiophene rings is 2. The number of hydrogen-bond acceptors (Lipinski definition) is 2. The van der Waals surface area contributed by atoms with E-state index in [1.165, 1.54) is 81.5 Å². The molecule has 2 heterocycles. The fourth-order valence-electron chi connectivity index (χ4n) is 5.60. The van der Waals surface area contributed by atoms with Crippen molar-refractivity contribution in [1.29, 1.82) is 0 Å². The second-order valence-corrected chi connectivity index (χ2v) is 16.5. The Morgan fingerprint density at radius 2 is 1.03 bits per heavy atom. The average molecular weight is 617 g/mol. The van der Waals surface area contributed by atoms with Gasteiger partial charge in [-0.1, -0.05) is 80.1 Å². The van der Waals surface area contributed by atoms with Crippen molar-refractivity contribution in [3.8, 4) is 9.75 Å². The van der Waals surface area contributed by atoms with Gasteiger partial charge in [0.05, 0.1) is 7.57 Å². The van der Waals surface area contributed by atoms with Crippen LogP contribution in [0.2, 0.25) is 0 Å². The van der Waals surface area contributed by atoms with Crippen molar-refractivity contribution in [3.05, 3.63) is 30.8 Å². The van der Waals surface area contributed by atoms with Crippen LogP contribution < -0.4 is 0 Å². The van der Waals surface area contributed by atoms with Crippen LogP contribution in [0.5, 0.6) is 0 Å². The summed E-state index contributed by atoms with van der Waals surface area (Å²) in [6.07, 6.45) is 13.5. The molecule has 0 amide bonds. The number of rotatable bonds is 14. The van der Waals surface area contributed by atoms with Gasteiger partial charge in [-0.2, -0.15) is 0 Å². The Morgan fingerprint density at radius 1 is 0.636 bits per heavy atom. The van der Waals surface area contributed by atoms with E-state index in [0.29, 0.717) is 0 Å². The molecular formula is C29H44Br2S2. The fourth-order valence-corrected chi connectivity index (χ4v) is 9.16. The first-order valence-corrected chi connectivity index (χ1v) is 16.4. The highest BCUT2D eigenvalue weighted by Crippen LogP contribution is 2.61. The van der Waals surface area contributed by atoms with Gasteiger partial charge in [0, 0.05) is 15.2 Å². The van der Waals surface area contributed by atoms with E-state index in [-0.39, 0.29) is 5.41 Å². The van der Waals surface area contributed by atoms with E-state index in [1.54, 1.807) is 11.1 Å². The summed E-state index contributed by atoms with van der Waals surface area (Å²) in [6, 6.07) is 4.93. The molecule has 0 saturated heterocycles. The molecule has 2 atom stereocenters. The van der Waals surface area contributed by atoms with Gasteiger partial charge in [0.1, 0.15) is 0 Å². The lowest BCUT2D eigenvalue weighted by molar-refractivity contribution is 0.328. The highest BCUT2D eigenvalue weighted by molar-refractivity contribution is 9.11. The van der Waals surface area contributed by atoms with Crippen LogP contribution in [0.25, 0.3) is 9.75 Å². The maximum Gasteiger partial charge on any atom is 0.0708 e. The van der Waals surface area contributed by atoms with Crippen LogP contribution in [0, 0.1) is 23.7 Å². The third-order valence-corrected chi connectivity index (χ3v) is 11.2. The molecule has 0 radical (unpaired) electrons. The minimum absolute atomic E-state index is 0.203. The minimum atomic E-state index is 0.203. The molecule has 0 aliphatic heterocycles. The molecule has 0 spiro atoms. The van der Waals surface area contributed by atoms with Crippen LogP contribution in [0.3, 0.4) is 0 Å². The van der Waals surface area contributed by atoms with Gasteiger partial charge in [0.2, 0.25) is 0 Å². The molecule has 4 heteroatoms. The summed E-state index contributed by atoms with van der Waals surface area (Å²) in [5, 5.41) is 0. The topological polar surface area (TPSA) is 0 Å². The molecule has 0 fully saturated rings. The Morgan fingerprint density at radius 3 is 1.39 bits per heavy atom. The molecule has 2 unspecified atom stereocenters. The molecule has 0 bridgehead atoms. The molecule has 186 valence electrons. The van der Waals surface area contributed by atoms with Crippen LogP contribution in [0.4, 0.5) is 0 Å². The standard InChI is InChI=1S/C29H44Br2S2/c1-19(2)9-7-11-21(5)13-15-29(16-14-22(6)12-8-10-20(3)4)23-17-25(30)32-27(23)28-24(29)18-26(31)33-28/h17-22H,7-16H2,1-6H3. The Hall–Kier alpha value is 0.360. The van der Waals surface area contributed by atoms with Crippen LogP contribution in [0.15, 0.2) is 19.7 Å². The average Bonchev–Trinajstić information content (AvgIpc) is 3.35. The maximum atomic E-state index is 3.83. The van der Waals surface area contributed by atoms with Crippen LogP contribution in [-0.4, -0.2) is 0 Å². The van der Waals surface area contributed by atoms with Crippen molar-refractivity contribution in [1.82, 2.24) is 0 Å². The number of hydrogen-bond donors (Lipinski definition) is 0. The number of fused-ring (bicyclic) bond motifs is 3. The quantitative estimate of drug-likeness (QED) is 0.198. The zero-order chi connectivity index (χ0) is 24.2. The molecule has 2 aromatic rings. The predicted molar refractivity (Wildman–Crippen MR) is 158 cm³/mol. The van der Waals surface area contributed by atoms with Crippen molar-refractivity contribution in [3.63, 3.8) is 0 Å². The van der Waals surface area contributed by atoms with Crippen molar-refractivity contribution in [2.45, 2.75) is 111 Å². The van der Waals surface area contributed by atoms with E-state index >= 15 is 0 Å². The summed E-state index contributed by atoms with van der Waals surface area (Å²) >= 11 is 11.6. The molecule has 0 N–H and O–H groups in total. The van der Waals surface area contributed by atoms with Crippen molar-refractivity contribution in [2.75, 3.05) is 0 Å². The third kappa shape index (κ3) is 7.20. The van der Waals surface area contributed by atoms with Crippen LogP contribution >= 0.6 is 54.5 Å². The van der Waals surface area contributed by atoms with E-state index in [0.717, 1.165) is 23.7 Å². The molecule has 3 rings (SSSR count). The Kier molecular flexibility index (Phi) is 10.6. The van der Waals surface area contributed by atoms with Gasteiger partial charge in [0.15, 0.2) is 0 Å². The summed E-state index contributed by atoms with van der Waals surface area (Å²) < 4.78 is 2.59. The first-order valence-electron chi connectivity index (χ1n) is 13.2. The Balaban J connectivity index is 1.78. The SMILES string of the molecule is CC(C)CCCC(C)CCC1(CCC(C)CCCC(C)C)c2cc(Br)sc2-c2sc(Br)cc21. The second-order valence-electron chi connectivity index (χ2n) is 11.6. The van der Waals surface area contributed by atoms with Gasteiger partial charge in [-0.25, -0.2) is 0 Å². The number of halogens is 2. The monoisotopic (exact) mass is 614 g/mol. The molecule has 33 heavy (non-hydrogen) atoms. The normalized spacial score (nSPS) is 16.4. The summed E-state index contributed by atoms with van der Waals surface area (Å²) in [5.41, 5.74) is 3.45. The van der Waals surface area contributed by atoms with E-state index < -0.39 is 0 Å². The third-order valence-electron chi connectivity index (χ3n) is 7.73. The van der Waals surface area contributed by atoms with Crippen molar-refractivity contribution in [2.24, 2.45) is 23.7 Å². The minimum Gasteiger partial charge on any atom is -0.127 e. The summed E-state index contributed by atoms with van der Waals surface area (Å²) in [7, 11) is 0. The summed E-state index contributed by atoms with van der Waals surface area (Å²) in [5.74, 6) is 3.26. The van der Waals surface area contributed by atoms with Gasteiger partial charge in [-0.05, 0) is 104 Å². The van der Waals surface area contributed by atoms with Crippen molar-refractivity contribution < 1.29 is 0 Å². The molecule has 0 nitrogen and oxygen atoms in total. The fraction of sp³-hybridized carbons (Fsp3) is 0.724. The lowest BCUT2D eigenvalue weighted by Gasteiger charge is -2.33. The lowest BCUT2D eigenvalue weighted by atomic mass is 9.70. The summed E-state index contributed by atoms with van der Waals surface area (Å²) in [6.45, 7) is 14.4. The van der Waals surface area contributed by atoms with E-state index in [1.807, 2.05) is 22.7 Å². The van der Waals surface area contributed by atoms with E-state index in [9.17, 15) is 0 Å². The molecule has 1 aliphatic carbocycles. The maximum absolute atomic E-state index is 3.83. The molecule has 0 aromatic carbocycles. The van der Waals surface area contributed by atoms with Crippen molar-refractivity contribution >= 4 is 54.5 Å².